The number of hydrogen-bond acceptors (Lipinski definition) is 5. The summed E-state index contributed by atoms with van der Waals surface area (Å²) in [4.78, 5) is 25.5. The Balaban J connectivity index is 1.70. The van der Waals surface area contributed by atoms with Crippen LogP contribution in [-0.4, -0.2) is 37.6 Å². The van der Waals surface area contributed by atoms with E-state index in [1.54, 1.807) is 24.3 Å². The number of unbranched alkanes of at least 4 members (excludes halogenated alkanes) is 2. The van der Waals surface area contributed by atoms with Crippen molar-refractivity contribution in [2.45, 2.75) is 31.1 Å². The van der Waals surface area contributed by atoms with Crippen LogP contribution in [0.3, 0.4) is 0 Å². The van der Waals surface area contributed by atoms with Crippen LogP contribution >= 0.6 is 0 Å². The molecule has 6 nitrogen and oxygen atoms in total. The summed E-state index contributed by atoms with van der Waals surface area (Å²) in [5.41, 5.74) is 0.460. The van der Waals surface area contributed by atoms with Gasteiger partial charge in [-0.05, 0) is 42.8 Å². The first-order valence-electron chi connectivity index (χ1n) is 8.85. The Morgan fingerprint density at radius 1 is 0.889 bits per heavy atom. The number of benzene rings is 2. The van der Waals surface area contributed by atoms with Crippen molar-refractivity contribution in [1.82, 2.24) is 4.90 Å². The van der Waals surface area contributed by atoms with Gasteiger partial charge in [-0.25, -0.2) is 8.42 Å². The van der Waals surface area contributed by atoms with Crippen molar-refractivity contribution < 1.29 is 22.7 Å². The second kappa shape index (κ2) is 7.92. The molecule has 0 atom stereocenters. The van der Waals surface area contributed by atoms with Crippen LogP contribution in [0.4, 0.5) is 0 Å². The Morgan fingerprint density at radius 3 is 2.04 bits per heavy atom. The third-order valence-electron chi connectivity index (χ3n) is 4.38. The zero-order valence-corrected chi connectivity index (χ0v) is 15.9. The zero-order chi connectivity index (χ0) is 19.4. The van der Waals surface area contributed by atoms with Crippen molar-refractivity contribution in [2.24, 2.45) is 0 Å². The lowest BCUT2D eigenvalue weighted by atomic mass is 10.1. The number of nitrogens with zero attached hydrogens (tertiary/aromatic N) is 1. The predicted molar refractivity (Wildman–Crippen MR) is 100 cm³/mol. The van der Waals surface area contributed by atoms with Crippen molar-refractivity contribution in [2.75, 3.05) is 12.5 Å². The van der Waals surface area contributed by atoms with Crippen molar-refractivity contribution in [3.8, 4) is 5.75 Å². The molecule has 0 saturated heterocycles. The molecule has 0 bridgehead atoms. The maximum Gasteiger partial charge on any atom is 0.262 e. The van der Waals surface area contributed by atoms with Crippen molar-refractivity contribution in [3.63, 3.8) is 0 Å². The van der Waals surface area contributed by atoms with Crippen LogP contribution in [0.25, 0.3) is 0 Å². The smallest absolute Gasteiger partial charge is 0.262 e. The second-order valence-electron chi connectivity index (χ2n) is 6.35. The molecule has 0 spiro atoms. The number of fused-ring (bicyclic) bond motifs is 1. The third kappa shape index (κ3) is 4.03. The van der Waals surface area contributed by atoms with Crippen LogP contribution in [-0.2, 0) is 9.84 Å². The number of sulfone groups is 1. The summed E-state index contributed by atoms with van der Waals surface area (Å²) in [5, 5.41) is 0. The molecule has 27 heavy (non-hydrogen) atoms. The number of carbonyl (C=O) groups is 2. The van der Waals surface area contributed by atoms with Gasteiger partial charge in [-0.3, -0.25) is 14.5 Å². The first-order chi connectivity index (χ1) is 12.9. The lowest BCUT2D eigenvalue weighted by Gasteiger charge is -2.14. The zero-order valence-electron chi connectivity index (χ0n) is 15.1. The van der Waals surface area contributed by atoms with Crippen LogP contribution in [0.5, 0.6) is 5.75 Å². The first-order valence-corrected chi connectivity index (χ1v) is 10.5. The SMILES string of the molecule is CCCCCOc1ccc(S(=O)(=O)CN2C(=O)c3ccccc3C2=O)cc1. The van der Waals surface area contributed by atoms with E-state index < -0.39 is 27.5 Å². The normalized spacial score (nSPS) is 13.7. The Morgan fingerprint density at radius 2 is 1.48 bits per heavy atom. The highest BCUT2D eigenvalue weighted by Crippen LogP contribution is 2.25. The molecule has 2 amide bonds. The molecular formula is C20H21NO5S. The fraction of sp³-hybridized carbons (Fsp3) is 0.300. The molecule has 1 aliphatic heterocycles. The molecule has 7 heteroatoms. The fourth-order valence-corrected chi connectivity index (χ4v) is 4.16. The minimum atomic E-state index is -3.84. The van der Waals surface area contributed by atoms with Gasteiger partial charge >= 0.3 is 0 Å². The van der Waals surface area contributed by atoms with Crippen LogP contribution in [0.1, 0.15) is 46.9 Å². The van der Waals surface area contributed by atoms with Crippen molar-refractivity contribution >= 4 is 21.7 Å². The standard InChI is InChI=1S/C20H21NO5S/c1-2-3-6-13-26-15-9-11-16(12-10-15)27(24,25)14-21-19(22)17-7-4-5-8-18(17)20(21)23/h4-5,7-12H,2-3,6,13-14H2,1H3. The van der Waals surface area contributed by atoms with Crippen molar-refractivity contribution in [3.05, 3.63) is 59.7 Å². The molecule has 1 aliphatic rings. The molecule has 0 saturated carbocycles. The van der Waals surface area contributed by atoms with Gasteiger partial charge in [0.2, 0.25) is 0 Å². The van der Waals surface area contributed by atoms with Crippen LogP contribution < -0.4 is 4.74 Å². The Labute approximate surface area is 158 Å². The molecule has 2 aromatic rings. The van der Waals surface area contributed by atoms with E-state index >= 15 is 0 Å². The van der Waals surface area contributed by atoms with Gasteiger partial charge < -0.3 is 4.74 Å². The van der Waals surface area contributed by atoms with Gasteiger partial charge in [0.15, 0.2) is 9.84 Å². The van der Waals surface area contributed by atoms with E-state index in [4.69, 9.17) is 4.74 Å². The van der Waals surface area contributed by atoms with E-state index in [2.05, 4.69) is 6.92 Å². The Hall–Kier alpha value is -2.67. The highest BCUT2D eigenvalue weighted by Gasteiger charge is 2.38. The third-order valence-corrected chi connectivity index (χ3v) is 5.97. The molecule has 0 aliphatic carbocycles. The number of amides is 2. The summed E-state index contributed by atoms with van der Waals surface area (Å²) >= 11 is 0. The molecule has 0 fully saturated rings. The monoisotopic (exact) mass is 387 g/mol. The minimum Gasteiger partial charge on any atom is -0.494 e. The molecule has 2 aromatic carbocycles. The van der Waals surface area contributed by atoms with E-state index in [9.17, 15) is 18.0 Å². The summed E-state index contributed by atoms with van der Waals surface area (Å²) in [7, 11) is -3.84. The van der Waals surface area contributed by atoms with Crippen LogP contribution in [0.15, 0.2) is 53.4 Å². The topological polar surface area (TPSA) is 80.8 Å². The Kier molecular flexibility index (Phi) is 5.60. The molecule has 0 unspecified atom stereocenters. The number of imide groups is 1. The van der Waals surface area contributed by atoms with Gasteiger partial charge in [-0.15, -0.1) is 0 Å². The number of carbonyl (C=O) groups excluding carboxylic acids is 2. The van der Waals surface area contributed by atoms with Gasteiger partial charge in [0.05, 0.1) is 22.6 Å². The summed E-state index contributed by atoms with van der Waals surface area (Å²) in [5.74, 6) is -1.27. The van der Waals surface area contributed by atoms with Gasteiger partial charge in [0.25, 0.3) is 11.8 Å². The average Bonchev–Trinajstić information content (AvgIpc) is 2.91. The fourth-order valence-electron chi connectivity index (χ4n) is 2.89. The van der Waals surface area contributed by atoms with E-state index in [1.807, 2.05) is 0 Å². The van der Waals surface area contributed by atoms with Crippen LogP contribution in [0.2, 0.25) is 0 Å². The molecule has 0 aromatic heterocycles. The number of ether oxygens (including phenoxy) is 1. The summed E-state index contributed by atoms with van der Waals surface area (Å²) in [6.45, 7) is 2.68. The average molecular weight is 387 g/mol. The van der Waals surface area contributed by atoms with E-state index in [0.717, 1.165) is 24.2 Å². The largest absolute Gasteiger partial charge is 0.494 e. The second-order valence-corrected chi connectivity index (χ2v) is 8.31. The number of rotatable bonds is 8. The predicted octanol–water partition coefficient (Wildman–Crippen LogP) is 3.28. The quantitative estimate of drug-likeness (QED) is 0.513. The van der Waals surface area contributed by atoms with E-state index in [1.165, 1.54) is 24.3 Å². The summed E-state index contributed by atoms with van der Waals surface area (Å²) in [6.07, 6.45) is 3.11. The van der Waals surface area contributed by atoms with Crippen molar-refractivity contribution in [1.29, 1.82) is 0 Å². The Bertz CT molecular complexity index is 916. The van der Waals surface area contributed by atoms with Gasteiger partial charge in [-0.2, -0.15) is 0 Å². The lowest BCUT2D eigenvalue weighted by molar-refractivity contribution is 0.0680. The van der Waals surface area contributed by atoms with E-state index in [-0.39, 0.29) is 16.0 Å². The minimum absolute atomic E-state index is 0.0416. The molecule has 142 valence electrons. The summed E-state index contributed by atoms with van der Waals surface area (Å²) in [6, 6.07) is 12.4. The maximum atomic E-state index is 12.7. The van der Waals surface area contributed by atoms with E-state index in [0.29, 0.717) is 12.4 Å². The first kappa shape index (κ1) is 19.1. The summed E-state index contributed by atoms with van der Waals surface area (Å²) < 4.78 is 30.9. The lowest BCUT2D eigenvalue weighted by Crippen LogP contribution is -2.34. The molecule has 3 rings (SSSR count). The number of hydrogen-bond donors (Lipinski definition) is 0. The van der Waals surface area contributed by atoms with Crippen LogP contribution in [0, 0.1) is 0 Å². The highest BCUT2D eigenvalue weighted by molar-refractivity contribution is 7.91. The highest BCUT2D eigenvalue weighted by atomic mass is 32.2. The van der Waals surface area contributed by atoms with Gasteiger partial charge in [0.1, 0.15) is 11.6 Å². The molecule has 0 radical (unpaired) electrons. The molecule has 1 heterocycles. The molecule has 0 N–H and O–H groups in total. The maximum absolute atomic E-state index is 12.7. The van der Waals surface area contributed by atoms with Gasteiger partial charge in [0, 0.05) is 0 Å². The molecular weight excluding hydrogens is 366 g/mol. The van der Waals surface area contributed by atoms with Gasteiger partial charge in [-0.1, -0.05) is 31.9 Å².